The van der Waals surface area contributed by atoms with E-state index in [1.165, 1.54) is 5.56 Å². The topological polar surface area (TPSA) is 74.8 Å². The molecule has 6 nitrogen and oxygen atoms in total. The molecule has 0 aliphatic heterocycles. The van der Waals surface area contributed by atoms with Crippen LogP contribution in [0.5, 0.6) is 5.75 Å². The van der Waals surface area contributed by atoms with Gasteiger partial charge in [-0.05, 0) is 56.9 Å². The molecule has 30 heavy (non-hydrogen) atoms. The molecule has 0 fully saturated rings. The third kappa shape index (κ3) is 8.99. The number of rotatable bonds is 11. The van der Waals surface area contributed by atoms with E-state index in [1.54, 1.807) is 0 Å². The zero-order valence-corrected chi connectivity index (χ0v) is 18.3. The summed E-state index contributed by atoms with van der Waals surface area (Å²) in [6, 6.07) is 18.5. The van der Waals surface area contributed by atoms with Crippen LogP contribution in [0, 0.1) is 0 Å². The Morgan fingerprint density at radius 2 is 1.73 bits per heavy atom. The molecule has 0 aliphatic rings. The number of hydrogen-bond acceptors (Lipinski definition) is 3. The van der Waals surface area contributed by atoms with Gasteiger partial charge in [-0.25, -0.2) is 4.99 Å². The second kappa shape index (κ2) is 13.2. The van der Waals surface area contributed by atoms with Crippen LogP contribution in [0.25, 0.3) is 0 Å². The SMILES string of the molecule is CCNC(=O)COc1cccc(CN=C(NCC)NC(C)CCc2ccccc2)c1. The second-order valence-corrected chi connectivity index (χ2v) is 7.15. The number of nitrogens with zero attached hydrogens (tertiary/aromatic N) is 1. The molecule has 6 heteroatoms. The zero-order chi connectivity index (χ0) is 21.6. The Morgan fingerprint density at radius 3 is 2.47 bits per heavy atom. The Bertz CT molecular complexity index is 793. The normalized spacial score (nSPS) is 12.2. The van der Waals surface area contributed by atoms with Gasteiger partial charge in [0, 0.05) is 19.1 Å². The predicted molar refractivity (Wildman–Crippen MR) is 123 cm³/mol. The largest absolute Gasteiger partial charge is 0.484 e. The molecule has 0 bridgehead atoms. The van der Waals surface area contributed by atoms with E-state index in [1.807, 2.05) is 37.3 Å². The van der Waals surface area contributed by atoms with Crippen LogP contribution in [0.15, 0.2) is 59.6 Å². The molecular formula is C24H34N4O2. The van der Waals surface area contributed by atoms with Crippen molar-refractivity contribution in [1.82, 2.24) is 16.0 Å². The average molecular weight is 411 g/mol. The van der Waals surface area contributed by atoms with Crippen LogP contribution >= 0.6 is 0 Å². The molecule has 2 rings (SSSR count). The Hall–Kier alpha value is -3.02. The molecule has 0 spiro atoms. The van der Waals surface area contributed by atoms with Gasteiger partial charge in [-0.15, -0.1) is 0 Å². The van der Waals surface area contributed by atoms with Crippen LogP contribution in [-0.2, 0) is 17.8 Å². The summed E-state index contributed by atoms with van der Waals surface area (Å²) in [5.74, 6) is 1.35. The lowest BCUT2D eigenvalue weighted by Gasteiger charge is -2.18. The number of nitrogens with one attached hydrogen (secondary N) is 3. The molecule has 3 N–H and O–H groups in total. The van der Waals surface area contributed by atoms with Gasteiger partial charge >= 0.3 is 0 Å². The van der Waals surface area contributed by atoms with Crippen molar-refractivity contribution in [2.45, 2.75) is 46.2 Å². The summed E-state index contributed by atoms with van der Waals surface area (Å²) in [6.07, 6.45) is 2.05. The minimum absolute atomic E-state index is 0.0175. The van der Waals surface area contributed by atoms with Crippen molar-refractivity contribution < 1.29 is 9.53 Å². The maximum Gasteiger partial charge on any atom is 0.257 e. The van der Waals surface area contributed by atoms with Crippen LogP contribution in [0.3, 0.4) is 0 Å². The van der Waals surface area contributed by atoms with Crippen molar-refractivity contribution >= 4 is 11.9 Å². The van der Waals surface area contributed by atoms with E-state index in [9.17, 15) is 4.79 Å². The molecule has 1 atom stereocenters. The van der Waals surface area contributed by atoms with Crippen molar-refractivity contribution in [2.75, 3.05) is 19.7 Å². The first kappa shape index (κ1) is 23.3. The first-order valence-electron chi connectivity index (χ1n) is 10.7. The van der Waals surface area contributed by atoms with Crippen LogP contribution in [0.4, 0.5) is 0 Å². The van der Waals surface area contributed by atoms with E-state index in [4.69, 9.17) is 9.73 Å². The standard InChI is InChI=1S/C24H34N4O2/c1-4-25-23(29)18-30-22-13-9-12-21(16-22)17-27-24(26-5-2)28-19(3)14-15-20-10-7-6-8-11-20/h6-13,16,19H,4-5,14-15,17-18H2,1-3H3,(H,25,29)(H2,26,27,28). The quantitative estimate of drug-likeness (QED) is 0.393. The van der Waals surface area contributed by atoms with Gasteiger partial charge in [-0.1, -0.05) is 42.5 Å². The van der Waals surface area contributed by atoms with Gasteiger partial charge < -0.3 is 20.7 Å². The van der Waals surface area contributed by atoms with Gasteiger partial charge in [0.2, 0.25) is 0 Å². The molecule has 1 amide bonds. The third-order valence-electron chi connectivity index (χ3n) is 4.50. The summed E-state index contributed by atoms with van der Waals surface area (Å²) < 4.78 is 5.56. The fraction of sp³-hybridized carbons (Fsp3) is 0.417. The van der Waals surface area contributed by atoms with Gasteiger partial charge in [0.05, 0.1) is 6.54 Å². The van der Waals surface area contributed by atoms with Crippen molar-refractivity contribution in [2.24, 2.45) is 4.99 Å². The third-order valence-corrected chi connectivity index (χ3v) is 4.50. The number of guanidine groups is 1. The highest BCUT2D eigenvalue weighted by atomic mass is 16.5. The van der Waals surface area contributed by atoms with Gasteiger partial charge in [-0.2, -0.15) is 0 Å². The molecule has 1 unspecified atom stereocenters. The number of carbonyl (C=O) groups is 1. The number of carbonyl (C=O) groups excluding carboxylic acids is 1. The summed E-state index contributed by atoms with van der Waals surface area (Å²) in [7, 11) is 0. The lowest BCUT2D eigenvalue weighted by molar-refractivity contribution is -0.122. The Morgan fingerprint density at radius 1 is 1.00 bits per heavy atom. The molecule has 0 saturated carbocycles. The fourth-order valence-corrected chi connectivity index (χ4v) is 2.95. The van der Waals surface area contributed by atoms with E-state index in [0.29, 0.717) is 24.9 Å². The van der Waals surface area contributed by atoms with Crippen LogP contribution < -0.4 is 20.7 Å². The maximum atomic E-state index is 11.6. The van der Waals surface area contributed by atoms with Gasteiger partial charge in [0.1, 0.15) is 5.75 Å². The summed E-state index contributed by atoms with van der Waals surface area (Å²) in [5, 5.41) is 9.51. The van der Waals surface area contributed by atoms with Gasteiger partial charge in [0.15, 0.2) is 12.6 Å². The molecule has 2 aromatic carbocycles. The van der Waals surface area contributed by atoms with E-state index < -0.39 is 0 Å². The first-order chi connectivity index (χ1) is 14.6. The smallest absolute Gasteiger partial charge is 0.257 e. The summed E-state index contributed by atoms with van der Waals surface area (Å²) in [4.78, 5) is 16.3. The van der Waals surface area contributed by atoms with Crippen LogP contribution in [0.1, 0.15) is 38.3 Å². The molecule has 0 aliphatic carbocycles. The predicted octanol–water partition coefficient (Wildman–Crippen LogP) is 3.28. The first-order valence-corrected chi connectivity index (χ1v) is 10.7. The number of hydrogen-bond donors (Lipinski definition) is 3. The number of benzene rings is 2. The summed E-state index contributed by atoms with van der Waals surface area (Å²) in [6.45, 7) is 8.05. The summed E-state index contributed by atoms with van der Waals surface area (Å²) >= 11 is 0. The molecular weight excluding hydrogens is 376 g/mol. The van der Waals surface area contributed by atoms with Gasteiger partial charge in [-0.3, -0.25) is 4.79 Å². The minimum Gasteiger partial charge on any atom is -0.484 e. The number of likely N-dealkylation sites (N-methyl/N-ethyl adjacent to an activating group) is 1. The van der Waals surface area contributed by atoms with Crippen molar-refractivity contribution in [3.63, 3.8) is 0 Å². The Balaban J connectivity index is 1.88. The fourth-order valence-electron chi connectivity index (χ4n) is 2.95. The number of aliphatic imine (C=N–C) groups is 1. The Labute approximate surface area is 180 Å². The number of ether oxygens (including phenoxy) is 1. The van der Waals surface area contributed by atoms with E-state index >= 15 is 0 Å². The molecule has 0 aromatic heterocycles. The van der Waals surface area contributed by atoms with Gasteiger partial charge in [0.25, 0.3) is 5.91 Å². The van der Waals surface area contributed by atoms with E-state index in [2.05, 4.69) is 54.1 Å². The summed E-state index contributed by atoms with van der Waals surface area (Å²) in [5.41, 5.74) is 2.37. The lowest BCUT2D eigenvalue weighted by atomic mass is 10.1. The lowest BCUT2D eigenvalue weighted by Crippen LogP contribution is -2.42. The van der Waals surface area contributed by atoms with Crippen molar-refractivity contribution in [3.05, 3.63) is 65.7 Å². The van der Waals surface area contributed by atoms with E-state index in [-0.39, 0.29) is 12.5 Å². The molecule has 2 aromatic rings. The van der Waals surface area contributed by atoms with Crippen LogP contribution in [0.2, 0.25) is 0 Å². The monoisotopic (exact) mass is 410 g/mol. The minimum atomic E-state index is -0.121. The van der Waals surface area contributed by atoms with Crippen molar-refractivity contribution in [1.29, 1.82) is 0 Å². The molecule has 162 valence electrons. The zero-order valence-electron chi connectivity index (χ0n) is 18.3. The van der Waals surface area contributed by atoms with E-state index in [0.717, 1.165) is 30.9 Å². The highest BCUT2D eigenvalue weighted by molar-refractivity contribution is 5.80. The van der Waals surface area contributed by atoms with Crippen molar-refractivity contribution in [3.8, 4) is 5.75 Å². The highest BCUT2D eigenvalue weighted by Crippen LogP contribution is 2.14. The molecule has 0 saturated heterocycles. The number of aryl methyl sites for hydroxylation is 1. The average Bonchev–Trinajstić information content (AvgIpc) is 2.76. The van der Waals surface area contributed by atoms with Crippen LogP contribution in [-0.4, -0.2) is 37.6 Å². The maximum absolute atomic E-state index is 11.6. The Kier molecular flexibility index (Phi) is 10.3. The molecule has 0 heterocycles. The highest BCUT2D eigenvalue weighted by Gasteiger charge is 2.06. The number of amides is 1. The second-order valence-electron chi connectivity index (χ2n) is 7.15. The molecule has 0 radical (unpaired) electrons.